The van der Waals surface area contributed by atoms with Crippen LogP contribution in [0, 0.1) is 0 Å². The smallest absolute Gasteiger partial charge is 0.246 e. The highest BCUT2D eigenvalue weighted by atomic mass is 16.5. The van der Waals surface area contributed by atoms with Gasteiger partial charge in [0.2, 0.25) is 11.7 Å². The molecule has 0 radical (unpaired) electrons. The van der Waals surface area contributed by atoms with Crippen LogP contribution in [0.3, 0.4) is 0 Å². The summed E-state index contributed by atoms with van der Waals surface area (Å²) >= 11 is 0. The van der Waals surface area contributed by atoms with Gasteiger partial charge < -0.3 is 25.2 Å². The Labute approximate surface area is 103 Å². The van der Waals surface area contributed by atoms with E-state index in [0.717, 1.165) is 0 Å². The van der Waals surface area contributed by atoms with Gasteiger partial charge in [-0.1, -0.05) is 5.16 Å². The van der Waals surface area contributed by atoms with Crippen molar-refractivity contribution in [1.82, 2.24) is 10.1 Å². The number of hydrogen-bond donors (Lipinski definition) is 3. The second kappa shape index (κ2) is 5.03. The fourth-order valence-corrected chi connectivity index (χ4v) is 1.42. The van der Waals surface area contributed by atoms with Gasteiger partial charge in [-0.25, -0.2) is 0 Å². The Bertz CT molecular complexity index is 541. The van der Waals surface area contributed by atoms with Crippen LogP contribution in [-0.4, -0.2) is 34.1 Å². The van der Waals surface area contributed by atoms with Gasteiger partial charge in [0.1, 0.15) is 6.04 Å². The predicted octanol–water partition coefficient (Wildman–Crippen LogP) is 0.794. The molecule has 2 aromatic rings. The molecule has 0 saturated heterocycles. The molecule has 96 valence electrons. The molecule has 1 atom stereocenters. The molecule has 2 rings (SSSR count). The van der Waals surface area contributed by atoms with Crippen LogP contribution in [0.4, 0.5) is 0 Å². The highest BCUT2D eigenvalue weighted by Gasteiger charge is 2.16. The van der Waals surface area contributed by atoms with E-state index >= 15 is 0 Å². The van der Waals surface area contributed by atoms with E-state index in [-0.39, 0.29) is 29.8 Å². The van der Waals surface area contributed by atoms with Crippen LogP contribution < -0.4 is 5.73 Å². The van der Waals surface area contributed by atoms with Gasteiger partial charge in [0.05, 0.1) is 6.61 Å². The standard InChI is InChI=1S/C11H13N3O4/c1-17-5-7(12)11-13-10(14-18-11)6-2-3-8(15)9(16)4-6/h2-4,7,15-16H,5,12H2,1H3. The molecule has 1 aromatic heterocycles. The van der Waals surface area contributed by atoms with E-state index < -0.39 is 6.04 Å². The lowest BCUT2D eigenvalue weighted by atomic mass is 10.2. The fourth-order valence-electron chi connectivity index (χ4n) is 1.42. The SMILES string of the molecule is COCC(N)c1nc(-c2ccc(O)c(O)c2)no1. The molecular weight excluding hydrogens is 238 g/mol. The third-order valence-electron chi connectivity index (χ3n) is 2.34. The molecule has 0 aliphatic rings. The second-order valence-electron chi connectivity index (χ2n) is 3.72. The van der Waals surface area contributed by atoms with Gasteiger partial charge in [0.25, 0.3) is 0 Å². The van der Waals surface area contributed by atoms with Crippen molar-refractivity contribution in [3.63, 3.8) is 0 Å². The van der Waals surface area contributed by atoms with Crippen molar-refractivity contribution in [2.75, 3.05) is 13.7 Å². The maximum absolute atomic E-state index is 9.38. The van der Waals surface area contributed by atoms with E-state index in [9.17, 15) is 10.2 Å². The molecule has 7 nitrogen and oxygen atoms in total. The van der Waals surface area contributed by atoms with E-state index in [1.807, 2.05) is 0 Å². The van der Waals surface area contributed by atoms with Crippen molar-refractivity contribution in [3.05, 3.63) is 24.1 Å². The lowest BCUT2D eigenvalue weighted by Crippen LogP contribution is -2.16. The number of aromatic nitrogens is 2. The zero-order valence-corrected chi connectivity index (χ0v) is 9.70. The molecular formula is C11H13N3O4. The van der Waals surface area contributed by atoms with Crippen LogP contribution in [0.25, 0.3) is 11.4 Å². The highest BCUT2D eigenvalue weighted by Crippen LogP contribution is 2.29. The number of nitrogens with two attached hydrogens (primary N) is 1. The predicted molar refractivity (Wildman–Crippen MR) is 61.9 cm³/mol. The van der Waals surface area contributed by atoms with Gasteiger partial charge in [0, 0.05) is 12.7 Å². The maximum atomic E-state index is 9.38. The number of nitrogens with zero attached hydrogens (tertiary/aromatic N) is 2. The fraction of sp³-hybridized carbons (Fsp3) is 0.273. The van der Waals surface area contributed by atoms with Crippen molar-refractivity contribution in [2.24, 2.45) is 5.73 Å². The molecule has 0 spiro atoms. The van der Waals surface area contributed by atoms with Crippen molar-refractivity contribution in [2.45, 2.75) is 6.04 Å². The Hall–Kier alpha value is -2.12. The number of rotatable bonds is 4. The molecule has 0 amide bonds. The number of ether oxygens (including phenoxy) is 1. The number of phenolic OH excluding ortho intramolecular Hbond substituents is 2. The van der Waals surface area contributed by atoms with E-state index in [0.29, 0.717) is 5.56 Å². The van der Waals surface area contributed by atoms with E-state index in [4.69, 9.17) is 15.0 Å². The quantitative estimate of drug-likeness (QED) is 0.688. The lowest BCUT2D eigenvalue weighted by molar-refractivity contribution is 0.166. The first-order valence-corrected chi connectivity index (χ1v) is 5.22. The van der Waals surface area contributed by atoms with Crippen LogP contribution in [-0.2, 0) is 4.74 Å². The summed E-state index contributed by atoms with van der Waals surface area (Å²) in [5, 5.41) is 22.3. The second-order valence-corrected chi connectivity index (χ2v) is 3.72. The number of phenols is 2. The maximum Gasteiger partial charge on any atom is 0.246 e. The zero-order valence-electron chi connectivity index (χ0n) is 9.70. The van der Waals surface area contributed by atoms with Gasteiger partial charge in [-0.3, -0.25) is 0 Å². The van der Waals surface area contributed by atoms with Crippen LogP contribution >= 0.6 is 0 Å². The van der Waals surface area contributed by atoms with Gasteiger partial charge in [-0.15, -0.1) is 0 Å². The molecule has 4 N–H and O–H groups in total. The first kappa shape index (κ1) is 12.3. The van der Waals surface area contributed by atoms with E-state index in [1.54, 1.807) is 6.07 Å². The summed E-state index contributed by atoms with van der Waals surface area (Å²) in [6.07, 6.45) is 0. The summed E-state index contributed by atoms with van der Waals surface area (Å²) < 4.78 is 9.88. The zero-order chi connectivity index (χ0) is 13.1. The van der Waals surface area contributed by atoms with Gasteiger partial charge in [-0.05, 0) is 18.2 Å². The molecule has 18 heavy (non-hydrogen) atoms. The Kier molecular flexibility index (Phi) is 3.45. The summed E-state index contributed by atoms with van der Waals surface area (Å²) in [5.41, 5.74) is 6.26. The molecule has 1 unspecified atom stereocenters. The van der Waals surface area contributed by atoms with Gasteiger partial charge >= 0.3 is 0 Å². The molecule has 0 saturated carbocycles. The van der Waals surface area contributed by atoms with Gasteiger partial charge in [0.15, 0.2) is 11.5 Å². The lowest BCUT2D eigenvalue weighted by Gasteiger charge is -2.03. The highest BCUT2D eigenvalue weighted by molar-refractivity contribution is 5.59. The first-order chi connectivity index (χ1) is 8.61. The van der Waals surface area contributed by atoms with Crippen molar-refractivity contribution >= 4 is 0 Å². The molecule has 1 aromatic carbocycles. The van der Waals surface area contributed by atoms with E-state index in [1.165, 1.54) is 19.2 Å². The minimum absolute atomic E-state index is 0.210. The Morgan fingerprint density at radius 1 is 1.39 bits per heavy atom. The molecule has 0 aliphatic carbocycles. The van der Waals surface area contributed by atoms with Crippen molar-refractivity contribution in [3.8, 4) is 22.9 Å². The Balaban J connectivity index is 2.26. The monoisotopic (exact) mass is 251 g/mol. The third kappa shape index (κ3) is 2.41. The summed E-state index contributed by atoms with van der Waals surface area (Å²) in [6.45, 7) is 0.266. The minimum atomic E-state index is -0.498. The molecule has 0 fully saturated rings. The topological polar surface area (TPSA) is 115 Å². The normalized spacial score (nSPS) is 12.6. The summed E-state index contributed by atoms with van der Waals surface area (Å²) in [6, 6.07) is 3.74. The van der Waals surface area contributed by atoms with Crippen LogP contribution in [0.15, 0.2) is 22.7 Å². The Morgan fingerprint density at radius 2 is 2.17 bits per heavy atom. The van der Waals surface area contributed by atoms with Crippen LogP contribution in [0.2, 0.25) is 0 Å². The largest absolute Gasteiger partial charge is 0.504 e. The summed E-state index contributed by atoms with van der Waals surface area (Å²) in [7, 11) is 1.52. The molecule has 7 heteroatoms. The van der Waals surface area contributed by atoms with E-state index in [2.05, 4.69) is 10.1 Å². The Morgan fingerprint density at radius 3 is 2.83 bits per heavy atom. The van der Waals surface area contributed by atoms with Crippen LogP contribution in [0.5, 0.6) is 11.5 Å². The minimum Gasteiger partial charge on any atom is -0.504 e. The van der Waals surface area contributed by atoms with Crippen LogP contribution in [0.1, 0.15) is 11.9 Å². The molecule has 0 aliphatic heterocycles. The van der Waals surface area contributed by atoms with Crippen molar-refractivity contribution in [1.29, 1.82) is 0 Å². The van der Waals surface area contributed by atoms with Gasteiger partial charge in [-0.2, -0.15) is 4.98 Å². The summed E-state index contributed by atoms with van der Waals surface area (Å²) in [5.74, 6) is 0.0739. The average molecular weight is 251 g/mol. The average Bonchev–Trinajstić information content (AvgIpc) is 2.82. The third-order valence-corrected chi connectivity index (χ3v) is 2.34. The number of hydrogen-bond acceptors (Lipinski definition) is 7. The number of benzene rings is 1. The molecule has 0 bridgehead atoms. The van der Waals surface area contributed by atoms with Crippen molar-refractivity contribution < 1.29 is 19.5 Å². The summed E-state index contributed by atoms with van der Waals surface area (Å²) in [4.78, 5) is 4.09. The number of methoxy groups -OCH3 is 1. The molecule has 1 heterocycles. The number of aromatic hydroxyl groups is 2. The first-order valence-electron chi connectivity index (χ1n) is 5.22.